The Balaban J connectivity index is 1.10. The topological polar surface area (TPSA) is 177 Å². The third-order valence-corrected chi connectivity index (χ3v) is 10.6. The van der Waals surface area contributed by atoms with Gasteiger partial charge in [-0.15, -0.1) is 0 Å². The second kappa shape index (κ2) is 17.3. The van der Waals surface area contributed by atoms with Crippen LogP contribution in [0.3, 0.4) is 0 Å². The molecule has 58 heavy (non-hydrogen) atoms. The molecule has 0 saturated carbocycles. The first kappa shape index (κ1) is 41.0. The lowest BCUT2D eigenvalue weighted by Gasteiger charge is -2.33. The number of H-pyrrole nitrogens is 2. The van der Waals surface area contributed by atoms with Gasteiger partial charge in [0, 0.05) is 31.3 Å². The first-order valence-electron chi connectivity index (χ1n) is 19.2. The molecule has 0 radical (unpaired) electrons. The zero-order valence-corrected chi connectivity index (χ0v) is 33.7. The number of hydrogen-bond acceptors (Lipinski definition) is 7. The minimum Gasteiger partial charge on any atom is -0.465 e. The molecule has 2 aliphatic rings. The van der Waals surface area contributed by atoms with Crippen molar-refractivity contribution in [1.29, 1.82) is 0 Å². The van der Waals surface area contributed by atoms with Gasteiger partial charge in [0.25, 0.3) is 0 Å². The van der Waals surface area contributed by atoms with E-state index >= 15 is 0 Å². The number of benzene rings is 2. The van der Waals surface area contributed by atoms with Crippen LogP contribution in [0.4, 0.5) is 9.59 Å². The third-order valence-electron chi connectivity index (χ3n) is 10.6. The molecule has 1 unspecified atom stereocenters. The van der Waals surface area contributed by atoms with Gasteiger partial charge in [0.15, 0.2) is 0 Å². The number of alkyl carbamates (subject to hydrolysis) is 1. The highest BCUT2D eigenvalue weighted by Crippen LogP contribution is 2.37. The Labute approximate surface area is 338 Å². The molecule has 4 N–H and O–H groups in total. The average Bonchev–Trinajstić information content (AvgIpc) is 4.02. The van der Waals surface area contributed by atoms with Crippen molar-refractivity contribution in [3.63, 3.8) is 0 Å². The van der Waals surface area contributed by atoms with Gasteiger partial charge in [-0.3, -0.25) is 14.5 Å². The maximum Gasteiger partial charge on any atom is 0.407 e. The van der Waals surface area contributed by atoms with Crippen LogP contribution in [-0.4, -0.2) is 103 Å². The maximum absolute atomic E-state index is 13.7. The summed E-state index contributed by atoms with van der Waals surface area (Å²) in [5.41, 5.74) is 6.85. The Morgan fingerprint density at radius 3 is 1.64 bits per heavy atom. The summed E-state index contributed by atoms with van der Waals surface area (Å²) in [5.74, 6) is 6.86. The number of likely N-dealkylation sites (N-methyl/N-ethyl adjacent to an activating group) is 1. The Morgan fingerprint density at radius 1 is 0.793 bits per heavy atom. The highest BCUT2D eigenvalue weighted by Gasteiger charge is 2.41. The van der Waals surface area contributed by atoms with Crippen molar-refractivity contribution >= 4 is 24.0 Å². The van der Waals surface area contributed by atoms with E-state index in [2.05, 4.69) is 50.3 Å². The van der Waals surface area contributed by atoms with Gasteiger partial charge < -0.3 is 34.9 Å². The Hall–Kier alpha value is -6.62. The summed E-state index contributed by atoms with van der Waals surface area (Å²) in [5, 5.41) is 12.3. The molecular weight excluding hydrogens is 737 g/mol. The van der Waals surface area contributed by atoms with Gasteiger partial charge >= 0.3 is 12.2 Å². The molecule has 0 aliphatic carbocycles. The molecule has 4 aromatic rings. The van der Waals surface area contributed by atoms with Crippen LogP contribution in [0.5, 0.6) is 0 Å². The van der Waals surface area contributed by atoms with E-state index in [1.165, 1.54) is 14.2 Å². The fourth-order valence-corrected chi connectivity index (χ4v) is 7.53. The van der Waals surface area contributed by atoms with E-state index in [4.69, 9.17) is 4.74 Å². The van der Waals surface area contributed by atoms with Crippen molar-refractivity contribution in [3.8, 4) is 34.4 Å². The largest absolute Gasteiger partial charge is 0.465 e. The van der Waals surface area contributed by atoms with Crippen LogP contribution in [0.15, 0.2) is 85.2 Å². The lowest BCUT2D eigenvalue weighted by molar-refractivity contribution is -0.138. The van der Waals surface area contributed by atoms with Crippen LogP contribution in [0.25, 0.3) is 22.5 Å². The van der Waals surface area contributed by atoms with Crippen LogP contribution < -0.4 is 5.32 Å². The maximum atomic E-state index is 13.7. The van der Waals surface area contributed by atoms with E-state index in [0.29, 0.717) is 37.6 Å². The number of ether oxygens (including phenoxy) is 1. The van der Waals surface area contributed by atoms with Crippen molar-refractivity contribution in [1.82, 2.24) is 40.0 Å². The van der Waals surface area contributed by atoms with E-state index < -0.39 is 24.3 Å². The quantitative estimate of drug-likeness (QED) is 0.103. The van der Waals surface area contributed by atoms with Gasteiger partial charge in [-0.25, -0.2) is 19.6 Å². The highest BCUT2D eigenvalue weighted by atomic mass is 16.5. The van der Waals surface area contributed by atoms with Gasteiger partial charge in [-0.05, 0) is 60.1 Å². The van der Waals surface area contributed by atoms with Gasteiger partial charge in [-0.2, -0.15) is 0 Å². The van der Waals surface area contributed by atoms with Crippen molar-refractivity contribution in [2.24, 2.45) is 11.8 Å². The molecule has 4 heterocycles. The van der Waals surface area contributed by atoms with Crippen molar-refractivity contribution < 1.29 is 29.0 Å². The average molecular weight is 787 g/mol. The minimum atomic E-state index is -1.15. The second-order valence-corrected chi connectivity index (χ2v) is 15.6. The van der Waals surface area contributed by atoms with Crippen molar-refractivity contribution in [3.05, 3.63) is 108 Å². The van der Waals surface area contributed by atoms with Crippen molar-refractivity contribution in [2.45, 2.75) is 64.7 Å². The first-order valence-corrected chi connectivity index (χ1v) is 19.2. The summed E-state index contributed by atoms with van der Waals surface area (Å²) in [7, 11) is 2.69. The molecule has 14 nitrogen and oxygen atoms in total. The van der Waals surface area contributed by atoms with Crippen LogP contribution in [0.1, 0.15) is 75.4 Å². The van der Waals surface area contributed by atoms with E-state index in [1.54, 1.807) is 22.2 Å². The van der Waals surface area contributed by atoms with Gasteiger partial charge in [0.1, 0.15) is 23.7 Å². The number of nitrogens with zero attached hydrogens (tertiary/aromatic N) is 5. The number of amides is 4. The molecule has 302 valence electrons. The molecule has 14 heteroatoms. The minimum absolute atomic E-state index is 0.151. The summed E-state index contributed by atoms with van der Waals surface area (Å²) in [6.45, 7) is 16.4. The zero-order valence-electron chi connectivity index (χ0n) is 33.7. The summed E-state index contributed by atoms with van der Waals surface area (Å²) in [4.78, 5) is 71.5. The van der Waals surface area contributed by atoms with E-state index in [0.717, 1.165) is 49.7 Å². The lowest BCUT2D eigenvalue weighted by atomic mass is 10.0. The number of aromatic amines is 2. The number of carboxylic acid groups (broad SMARTS) is 1. The SMILES string of the molecule is C=C1CC(c2ncc(-c3ccc(C#Cc4ccc(-c5cnc([C@@H]6CC(=C)CN6C(=O)[C@H](C(C)C)N(C)C(=O)O)[nH]5)cc4)cc3)[nH]2)N(C(=O)[C@@H](NC(=O)OC)C(C)C)C1. The Kier molecular flexibility index (Phi) is 12.2. The first-order chi connectivity index (χ1) is 27.6. The molecule has 2 saturated heterocycles. The highest BCUT2D eigenvalue weighted by molar-refractivity contribution is 5.87. The van der Waals surface area contributed by atoms with E-state index in [9.17, 15) is 24.3 Å². The van der Waals surface area contributed by atoms with E-state index in [1.807, 2.05) is 76.2 Å². The summed E-state index contributed by atoms with van der Waals surface area (Å²) < 4.78 is 4.75. The number of methoxy groups -OCH3 is 1. The number of aromatic nitrogens is 4. The molecular formula is C44H50N8O6. The van der Waals surface area contributed by atoms with Gasteiger partial charge in [0.2, 0.25) is 11.8 Å². The third kappa shape index (κ3) is 8.83. The number of carbonyl (C=O) groups excluding carboxylic acids is 3. The fourth-order valence-electron chi connectivity index (χ4n) is 7.53. The molecule has 4 amide bonds. The summed E-state index contributed by atoms with van der Waals surface area (Å²) in [6, 6.07) is 13.3. The standard InChI is InChI=1S/C44H50N8O6/c1-25(2)37(49-43(55)58-8)41(53)51-23-27(5)19-35(51)39-45-21-33(47-39)31-15-11-29(12-16-31)9-10-30-13-17-32(18-14-30)34-22-46-40(48-34)36-20-28(6)24-52(36)42(54)38(26(3)4)50(7)44(56)57/h11-18,21-22,25-26,35-38H,5-6,19-20,23-24H2,1-4,7-8H3,(H,45,47)(H,46,48)(H,49,55)(H,56,57)/t35?,36-,37-,38-/m0/s1. The monoisotopic (exact) mass is 786 g/mol. The summed E-state index contributed by atoms with van der Waals surface area (Å²) >= 11 is 0. The van der Waals surface area contributed by atoms with E-state index in [-0.39, 0.29) is 35.7 Å². The molecule has 2 fully saturated rings. The normalized spacial score (nSPS) is 17.6. The fraction of sp³-hybridized carbons (Fsp3) is 0.364. The van der Waals surface area contributed by atoms with Crippen LogP contribution in [0.2, 0.25) is 0 Å². The lowest BCUT2D eigenvalue weighted by Crippen LogP contribution is -2.51. The molecule has 6 rings (SSSR count). The zero-order chi connectivity index (χ0) is 41.8. The Bertz CT molecular complexity index is 2260. The van der Waals surface area contributed by atoms with Crippen LogP contribution in [-0.2, 0) is 14.3 Å². The molecule has 0 bridgehead atoms. The molecule has 2 aromatic carbocycles. The van der Waals surface area contributed by atoms with Crippen molar-refractivity contribution in [2.75, 3.05) is 27.2 Å². The second-order valence-electron chi connectivity index (χ2n) is 15.6. The number of nitrogens with one attached hydrogen (secondary N) is 3. The summed E-state index contributed by atoms with van der Waals surface area (Å²) in [6.07, 6.45) is 2.77. The molecule has 0 spiro atoms. The Morgan fingerprint density at radius 2 is 1.24 bits per heavy atom. The number of hydrogen-bond donors (Lipinski definition) is 4. The van der Waals surface area contributed by atoms with Crippen LogP contribution in [0, 0.1) is 23.7 Å². The smallest absolute Gasteiger partial charge is 0.407 e. The molecule has 2 aromatic heterocycles. The number of carbonyl (C=O) groups is 4. The van der Waals surface area contributed by atoms with Gasteiger partial charge in [0.05, 0.1) is 43.0 Å². The van der Waals surface area contributed by atoms with Crippen LogP contribution >= 0.6 is 0 Å². The molecule has 2 aliphatic heterocycles. The predicted octanol–water partition coefficient (Wildman–Crippen LogP) is 6.54. The molecule has 4 atom stereocenters. The number of rotatable bonds is 10. The predicted molar refractivity (Wildman–Crippen MR) is 219 cm³/mol. The van der Waals surface area contributed by atoms with Gasteiger partial charge in [-0.1, -0.05) is 88.1 Å². The number of imidazole rings is 2. The number of likely N-dealkylation sites (tertiary alicyclic amines) is 2.